The van der Waals surface area contributed by atoms with Gasteiger partial charge in [-0.3, -0.25) is 4.79 Å². The third-order valence-corrected chi connectivity index (χ3v) is 2.36. The van der Waals surface area contributed by atoms with Crippen molar-refractivity contribution < 1.29 is 14.7 Å². The van der Waals surface area contributed by atoms with Crippen LogP contribution in [0.2, 0.25) is 0 Å². The average Bonchev–Trinajstić information content (AvgIpc) is 2.42. The molecule has 0 saturated heterocycles. The first-order valence-electron chi connectivity index (χ1n) is 5.84. The first-order chi connectivity index (χ1) is 9.58. The SMILES string of the molecule is O=C([O-])/C=C\C(=O)NCCNC(=S)Nc1ccccc1. The molecular formula is C13H14N3O3S-. The predicted octanol–water partition coefficient (Wildman–Crippen LogP) is -0.605. The molecule has 0 aliphatic carbocycles. The first kappa shape index (κ1) is 15.6. The van der Waals surface area contributed by atoms with Gasteiger partial charge in [-0.2, -0.15) is 0 Å². The van der Waals surface area contributed by atoms with Gasteiger partial charge in [0.05, 0.1) is 5.97 Å². The number of anilines is 1. The Bertz CT molecular complexity index is 503. The number of hydrogen-bond acceptors (Lipinski definition) is 4. The van der Waals surface area contributed by atoms with Gasteiger partial charge in [-0.1, -0.05) is 18.2 Å². The van der Waals surface area contributed by atoms with Crippen molar-refractivity contribution in [3.05, 3.63) is 42.5 Å². The minimum Gasteiger partial charge on any atom is -0.545 e. The van der Waals surface area contributed by atoms with E-state index in [0.29, 0.717) is 24.3 Å². The van der Waals surface area contributed by atoms with E-state index in [2.05, 4.69) is 16.0 Å². The fourth-order valence-electron chi connectivity index (χ4n) is 1.26. The molecule has 7 heteroatoms. The van der Waals surface area contributed by atoms with Crippen LogP contribution in [0.1, 0.15) is 0 Å². The summed E-state index contributed by atoms with van der Waals surface area (Å²) in [5, 5.41) is 18.9. The lowest BCUT2D eigenvalue weighted by atomic mass is 10.3. The molecular weight excluding hydrogens is 278 g/mol. The van der Waals surface area contributed by atoms with Gasteiger partial charge in [-0.25, -0.2) is 0 Å². The van der Waals surface area contributed by atoms with Gasteiger partial charge in [0, 0.05) is 24.9 Å². The zero-order valence-corrected chi connectivity index (χ0v) is 11.4. The zero-order chi connectivity index (χ0) is 14.8. The number of amides is 1. The van der Waals surface area contributed by atoms with E-state index in [9.17, 15) is 14.7 Å². The van der Waals surface area contributed by atoms with E-state index in [1.165, 1.54) is 0 Å². The summed E-state index contributed by atoms with van der Waals surface area (Å²) < 4.78 is 0. The number of para-hydroxylation sites is 1. The van der Waals surface area contributed by atoms with E-state index < -0.39 is 11.9 Å². The standard InChI is InChI=1S/C13H15N3O3S/c17-11(6-7-12(18)19)14-8-9-15-13(20)16-10-4-2-1-3-5-10/h1-7H,8-9H2,(H,14,17)(H,18,19)(H2,15,16,20)/p-1/b7-6-. The van der Waals surface area contributed by atoms with Crippen molar-refractivity contribution in [3.8, 4) is 0 Å². The Morgan fingerprint density at radius 2 is 1.75 bits per heavy atom. The van der Waals surface area contributed by atoms with Crippen molar-refractivity contribution >= 4 is 34.9 Å². The van der Waals surface area contributed by atoms with Gasteiger partial charge in [0.2, 0.25) is 5.91 Å². The molecule has 0 unspecified atom stereocenters. The lowest BCUT2D eigenvalue weighted by Gasteiger charge is -2.10. The van der Waals surface area contributed by atoms with Crippen LogP contribution in [0.5, 0.6) is 0 Å². The molecule has 20 heavy (non-hydrogen) atoms. The van der Waals surface area contributed by atoms with E-state index in [1.807, 2.05) is 30.3 Å². The summed E-state index contributed by atoms with van der Waals surface area (Å²) in [6.07, 6.45) is 1.57. The third-order valence-electron chi connectivity index (χ3n) is 2.11. The van der Waals surface area contributed by atoms with Crippen LogP contribution >= 0.6 is 12.2 Å². The van der Waals surface area contributed by atoms with Crippen LogP contribution in [0.25, 0.3) is 0 Å². The lowest BCUT2D eigenvalue weighted by molar-refractivity contribution is -0.297. The van der Waals surface area contributed by atoms with E-state index >= 15 is 0 Å². The quantitative estimate of drug-likeness (QED) is 0.368. The fraction of sp³-hybridized carbons (Fsp3) is 0.154. The maximum Gasteiger partial charge on any atom is 0.244 e. The second-order valence-electron chi connectivity index (χ2n) is 3.69. The number of hydrogen-bond donors (Lipinski definition) is 3. The molecule has 6 nitrogen and oxygen atoms in total. The van der Waals surface area contributed by atoms with Gasteiger partial charge in [0.25, 0.3) is 0 Å². The number of nitrogens with one attached hydrogen (secondary N) is 3. The van der Waals surface area contributed by atoms with Gasteiger partial charge >= 0.3 is 0 Å². The molecule has 1 aromatic carbocycles. The first-order valence-corrected chi connectivity index (χ1v) is 6.25. The highest BCUT2D eigenvalue weighted by atomic mass is 32.1. The van der Waals surface area contributed by atoms with Crippen LogP contribution in [-0.4, -0.2) is 30.1 Å². The maximum atomic E-state index is 11.1. The van der Waals surface area contributed by atoms with Crippen LogP contribution in [0.4, 0.5) is 5.69 Å². The number of carbonyl (C=O) groups excluding carboxylic acids is 2. The van der Waals surface area contributed by atoms with Gasteiger partial charge in [-0.15, -0.1) is 0 Å². The Hall–Kier alpha value is -2.41. The number of rotatable bonds is 6. The number of benzene rings is 1. The maximum absolute atomic E-state index is 11.1. The second-order valence-corrected chi connectivity index (χ2v) is 4.10. The van der Waals surface area contributed by atoms with Crippen molar-refractivity contribution in [2.45, 2.75) is 0 Å². The van der Waals surface area contributed by atoms with E-state index in [1.54, 1.807) is 0 Å². The molecule has 0 fully saturated rings. The molecule has 0 bridgehead atoms. The summed E-state index contributed by atoms with van der Waals surface area (Å²) in [7, 11) is 0. The molecule has 0 heterocycles. The Morgan fingerprint density at radius 1 is 1.10 bits per heavy atom. The molecule has 0 aliphatic heterocycles. The number of carboxylic acid groups (broad SMARTS) is 1. The van der Waals surface area contributed by atoms with Gasteiger partial charge in [0.15, 0.2) is 5.11 Å². The molecule has 0 saturated carbocycles. The van der Waals surface area contributed by atoms with Crippen molar-refractivity contribution in [2.75, 3.05) is 18.4 Å². The van der Waals surface area contributed by atoms with Crippen molar-refractivity contribution in [3.63, 3.8) is 0 Å². The Labute approximate surface area is 121 Å². The topological polar surface area (TPSA) is 93.3 Å². The van der Waals surface area contributed by atoms with Crippen LogP contribution in [-0.2, 0) is 9.59 Å². The van der Waals surface area contributed by atoms with Crippen LogP contribution in [0.15, 0.2) is 42.5 Å². The number of carboxylic acids is 1. The molecule has 106 valence electrons. The molecule has 3 N–H and O–H groups in total. The molecule has 0 aromatic heterocycles. The number of thiocarbonyl (C=S) groups is 1. The summed E-state index contributed by atoms with van der Waals surface area (Å²) in [6.45, 7) is 0.733. The molecule has 0 spiro atoms. The monoisotopic (exact) mass is 292 g/mol. The molecule has 0 radical (unpaired) electrons. The van der Waals surface area contributed by atoms with Crippen molar-refractivity contribution in [1.29, 1.82) is 0 Å². The van der Waals surface area contributed by atoms with E-state index in [4.69, 9.17) is 12.2 Å². The zero-order valence-electron chi connectivity index (χ0n) is 10.6. The summed E-state index contributed by atoms with van der Waals surface area (Å²) in [6, 6.07) is 9.42. The highest BCUT2D eigenvalue weighted by molar-refractivity contribution is 7.80. The Kier molecular flexibility index (Phi) is 6.77. The van der Waals surface area contributed by atoms with Crippen molar-refractivity contribution in [2.24, 2.45) is 0 Å². The normalized spacial score (nSPS) is 10.0. The van der Waals surface area contributed by atoms with Gasteiger partial charge in [-0.05, 0) is 30.4 Å². The number of aliphatic carboxylic acids is 1. The van der Waals surface area contributed by atoms with Crippen LogP contribution in [0, 0.1) is 0 Å². The summed E-state index contributed by atoms with van der Waals surface area (Å²) in [5.74, 6) is -1.91. The third kappa shape index (κ3) is 7.12. The summed E-state index contributed by atoms with van der Waals surface area (Å²) in [4.78, 5) is 21.2. The molecule has 0 atom stereocenters. The van der Waals surface area contributed by atoms with Crippen LogP contribution in [0.3, 0.4) is 0 Å². The van der Waals surface area contributed by atoms with E-state index in [-0.39, 0.29) is 0 Å². The second kappa shape index (κ2) is 8.65. The minimum absolute atomic E-state index is 0.312. The predicted molar refractivity (Wildman–Crippen MR) is 77.8 cm³/mol. The lowest BCUT2D eigenvalue weighted by Crippen LogP contribution is -2.36. The minimum atomic E-state index is -1.41. The highest BCUT2D eigenvalue weighted by Gasteiger charge is 1.97. The average molecular weight is 292 g/mol. The van der Waals surface area contributed by atoms with Gasteiger partial charge < -0.3 is 25.9 Å². The smallest absolute Gasteiger partial charge is 0.244 e. The molecule has 1 rings (SSSR count). The number of carbonyl (C=O) groups is 2. The van der Waals surface area contributed by atoms with E-state index in [0.717, 1.165) is 11.8 Å². The largest absolute Gasteiger partial charge is 0.545 e. The van der Waals surface area contributed by atoms with Crippen LogP contribution < -0.4 is 21.1 Å². The van der Waals surface area contributed by atoms with Crippen molar-refractivity contribution in [1.82, 2.24) is 10.6 Å². The Balaban J connectivity index is 2.16. The molecule has 1 amide bonds. The fourth-order valence-corrected chi connectivity index (χ4v) is 1.48. The Morgan fingerprint density at radius 3 is 2.40 bits per heavy atom. The van der Waals surface area contributed by atoms with Gasteiger partial charge in [0.1, 0.15) is 0 Å². The molecule has 1 aromatic rings. The summed E-state index contributed by atoms with van der Waals surface area (Å²) in [5.41, 5.74) is 0.867. The molecule has 0 aliphatic rings. The summed E-state index contributed by atoms with van der Waals surface area (Å²) >= 11 is 5.07. The highest BCUT2D eigenvalue weighted by Crippen LogP contribution is 2.03.